The molecule has 7 nitrogen and oxygen atoms in total. The number of phenols is 2. The first-order valence-corrected chi connectivity index (χ1v) is 8.31. The van der Waals surface area contributed by atoms with Crippen molar-refractivity contribution in [2.45, 2.75) is 4.90 Å². The lowest BCUT2D eigenvalue weighted by Gasteiger charge is -2.08. The highest BCUT2D eigenvalue weighted by molar-refractivity contribution is 7.85. The molecule has 0 aliphatic heterocycles. The molecule has 0 saturated heterocycles. The number of hydrogen-bond acceptors (Lipinski definition) is 6. The second kappa shape index (κ2) is 4.76. The minimum Gasteiger partial charge on any atom is -0.508 e. The third-order valence-electron chi connectivity index (χ3n) is 3.77. The van der Waals surface area contributed by atoms with Crippen LogP contribution in [0.5, 0.6) is 11.5 Å². The Kier molecular flexibility index (Phi) is 2.90. The van der Waals surface area contributed by atoms with Crippen molar-refractivity contribution in [3.05, 3.63) is 42.5 Å². The first-order chi connectivity index (χ1) is 11.3. The fourth-order valence-electron chi connectivity index (χ4n) is 2.66. The Bertz CT molecular complexity index is 1250. The van der Waals surface area contributed by atoms with Crippen LogP contribution in [0.2, 0.25) is 0 Å². The third kappa shape index (κ3) is 2.20. The number of aromatic nitrogens is 2. The van der Waals surface area contributed by atoms with Crippen molar-refractivity contribution in [2.24, 2.45) is 0 Å². The van der Waals surface area contributed by atoms with Gasteiger partial charge in [-0.15, -0.1) is 0 Å². The Morgan fingerprint density at radius 1 is 0.792 bits per heavy atom. The molecule has 4 rings (SSSR count). The number of phenolic OH excluding ortho intramolecular Hbond substituents is 2. The monoisotopic (exact) mass is 342 g/mol. The molecular formula is C16H10N2O5S. The van der Waals surface area contributed by atoms with E-state index >= 15 is 0 Å². The van der Waals surface area contributed by atoms with Gasteiger partial charge in [0.25, 0.3) is 10.1 Å². The van der Waals surface area contributed by atoms with E-state index in [1.807, 2.05) is 0 Å². The molecule has 0 saturated carbocycles. The van der Waals surface area contributed by atoms with Crippen LogP contribution in [0.3, 0.4) is 0 Å². The maximum absolute atomic E-state index is 11.2. The molecular weight excluding hydrogens is 332 g/mol. The van der Waals surface area contributed by atoms with Gasteiger partial charge >= 0.3 is 0 Å². The number of hydrogen-bond donors (Lipinski definition) is 3. The van der Waals surface area contributed by atoms with Crippen molar-refractivity contribution >= 4 is 43.0 Å². The van der Waals surface area contributed by atoms with Gasteiger partial charge in [-0.05, 0) is 36.4 Å². The van der Waals surface area contributed by atoms with E-state index in [-0.39, 0.29) is 21.9 Å². The van der Waals surface area contributed by atoms with Gasteiger partial charge < -0.3 is 10.2 Å². The number of aromatic hydroxyl groups is 2. The van der Waals surface area contributed by atoms with E-state index in [0.29, 0.717) is 27.3 Å². The lowest BCUT2D eigenvalue weighted by molar-refractivity contribution is 0.472. The lowest BCUT2D eigenvalue weighted by atomic mass is 10.1. The predicted octanol–water partition coefficient (Wildman–Crippen LogP) is 2.59. The zero-order chi connectivity index (χ0) is 17.1. The standard InChI is InChI=1S/C16H10N2O5S/c19-8-1-3-10-11(5-8)15(20)7-14-16(10)18-12-4-2-9(24(21,22)23)6-13(12)17-14/h1-7,19-20H,(H,21,22,23). The summed E-state index contributed by atoms with van der Waals surface area (Å²) >= 11 is 0. The van der Waals surface area contributed by atoms with Gasteiger partial charge in [0.1, 0.15) is 11.5 Å². The summed E-state index contributed by atoms with van der Waals surface area (Å²) in [6.45, 7) is 0. The smallest absolute Gasteiger partial charge is 0.294 e. The molecule has 0 radical (unpaired) electrons. The minimum atomic E-state index is -4.34. The predicted molar refractivity (Wildman–Crippen MR) is 87.7 cm³/mol. The summed E-state index contributed by atoms with van der Waals surface area (Å²) in [6.07, 6.45) is 0. The number of rotatable bonds is 1. The molecule has 24 heavy (non-hydrogen) atoms. The highest BCUT2D eigenvalue weighted by Gasteiger charge is 2.14. The normalized spacial score (nSPS) is 12.2. The molecule has 0 bridgehead atoms. The van der Waals surface area contributed by atoms with Crippen molar-refractivity contribution in [2.75, 3.05) is 0 Å². The summed E-state index contributed by atoms with van der Waals surface area (Å²) in [4.78, 5) is 8.51. The zero-order valence-corrected chi connectivity index (χ0v) is 12.8. The van der Waals surface area contributed by atoms with Gasteiger partial charge in [-0.25, -0.2) is 9.97 Å². The van der Waals surface area contributed by atoms with Gasteiger partial charge in [-0.2, -0.15) is 8.42 Å². The van der Waals surface area contributed by atoms with E-state index in [1.165, 1.54) is 36.4 Å². The number of fused-ring (bicyclic) bond motifs is 4. The third-order valence-corrected chi connectivity index (χ3v) is 4.62. The average Bonchev–Trinajstić information content (AvgIpc) is 2.52. The van der Waals surface area contributed by atoms with Crippen LogP contribution in [0, 0.1) is 0 Å². The largest absolute Gasteiger partial charge is 0.508 e. The quantitative estimate of drug-likeness (QED) is 0.276. The summed E-state index contributed by atoms with van der Waals surface area (Å²) in [5.41, 5.74) is 1.59. The van der Waals surface area contributed by atoms with E-state index in [0.717, 1.165) is 0 Å². The van der Waals surface area contributed by atoms with Gasteiger partial charge in [0, 0.05) is 16.8 Å². The molecule has 8 heteroatoms. The van der Waals surface area contributed by atoms with Crippen molar-refractivity contribution in [3.63, 3.8) is 0 Å². The van der Waals surface area contributed by atoms with Crippen LogP contribution in [0.4, 0.5) is 0 Å². The molecule has 0 atom stereocenters. The highest BCUT2D eigenvalue weighted by atomic mass is 32.2. The van der Waals surface area contributed by atoms with E-state index in [9.17, 15) is 18.6 Å². The van der Waals surface area contributed by atoms with E-state index < -0.39 is 10.1 Å². The zero-order valence-electron chi connectivity index (χ0n) is 12.0. The summed E-state index contributed by atoms with van der Waals surface area (Å²) < 4.78 is 31.6. The molecule has 0 unspecified atom stereocenters. The van der Waals surface area contributed by atoms with Crippen molar-refractivity contribution in [1.82, 2.24) is 9.97 Å². The molecule has 4 aromatic rings. The van der Waals surface area contributed by atoms with Crippen molar-refractivity contribution in [1.29, 1.82) is 0 Å². The van der Waals surface area contributed by atoms with Crippen LogP contribution < -0.4 is 0 Å². The Morgan fingerprint density at radius 3 is 2.33 bits per heavy atom. The van der Waals surface area contributed by atoms with Gasteiger partial charge in [0.2, 0.25) is 0 Å². The summed E-state index contributed by atoms with van der Waals surface area (Å²) in [5.74, 6) is -0.0586. The fraction of sp³-hybridized carbons (Fsp3) is 0. The van der Waals surface area contributed by atoms with E-state index in [4.69, 9.17) is 4.55 Å². The SMILES string of the molecule is O=S(=O)(O)c1ccc2nc3c(cc(O)c4cc(O)ccc43)nc2c1. The second-order valence-corrected chi connectivity index (χ2v) is 6.76. The van der Waals surface area contributed by atoms with Crippen LogP contribution in [-0.4, -0.2) is 33.2 Å². The van der Waals surface area contributed by atoms with Crippen LogP contribution in [0.15, 0.2) is 47.4 Å². The number of benzene rings is 3. The maximum atomic E-state index is 11.2. The molecule has 3 aromatic carbocycles. The van der Waals surface area contributed by atoms with Crippen LogP contribution in [0.1, 0.15) is 0 Å². The molecule has 120 valence electrons. The molecule has 1 aromatic heterocycles. The molecule has 0 aliphatic rings. The van der Waals surface area contributed by atoms with Crippen LogP contribution in [0.25, 0.3) is 32.8 Å². The summed E-state index contributed by atoms with van der Waals surface area (Å²) in [7, 11) is -4.34. The Labute approximate surface area is 135 Å². The summed E-state index contributed by atoms with van der Waals surface area (Å²) in [5, 5.41) is 20.8. The van der Waals surface area contributed by atoms with Gasteiger partial charge in [-0.3, -0.25) is 4.55 Å². The molecule has 1 heterocycles. The number of nitrogens with zero attached hydrogens (tertiary/aromatic N) is 2. The summed E-state index contributed by atoms with van der Waals surface area (Å²) in [6, 6.07) is 9.83. The molecule has 3 N–H and O–H groups in total. The lowest BCUT2D eigenvalue weighted by Crippen LogP contribution is -1.98. The van der Waals surface area contributed by atoms with Crippen molar-refractivity contribution < 1.29 is 23.2 Å². The Hall–Kier alpha value is -2.97. The minimum absolute atomic E-state index is 0.0173. The molecule has 0 aliphatic carbocycles. The first-order valence-electron chi connectivity index (χ1n) is 6.87. The molecule has 0 fully saturated rings. The van der Waals surface area contributed by atoms with Crippen LogP contribution in [-0.2, 0) is 10.1 Å². The van der Waals surface area contributed by atoms with Gasteiger partial charge in [0.15, 0.2) is 0 Å². The Balaban J connectivity index is 2.13. The topological polar surface area (TPSA) is 121 Å². The van der Waals surface area contributed by atoms with Crippen LogP contribution >= 0.6 is 0 Å². The molecule has 0 amide bonds. The highest BCUT2D eigenvalue weighted by Crippen LogP contribution is 2.34. The van der Waals surface area contributed by atoms with E-state index in [2.05, 4.69) is 9.97 Å². The first kappa shape index (κ1) is 14.6. The second-order valence-electron chi connectivity index (χ2n) is 5.34. The van der Waals surface area contributed by atoms with E-state index in [1.54, 1.807) is 6.07 Å². The maximum Gasteiger partial charge on any atom is 0.294 e. The Morgan fingerprint density at radius 2 is 1.58 bits per heavy atom. The molecule has 0 spiro atoms. The fourth-order valence-corrected chi connectivity index (χ4v) is 3.17. The van der Waals surface area contributed by atoms with Crippen molar-refractivity contribution in [3.8, 4) is 11.5 Å². The van der Waals surface area contributed by atoms with Gasteiger partial charge in [-0.1, -0.05) is 0 Å². The van der Waals surface area contributed by atoms with Gasteiger partial charge in [0.05, 0.1) is 27.0 Å². The average molecular weight is 342 g/mol.